The Morgan fingerprint density at radius 3 is 2.23 bits per heavy atom. The minimum atomic E-state index is -3.85. The molecule has 212 valence electrons. The third-order valence-electron chi connectivity index (χ3n) is 7.62. The predicted molar refractivity (Wildman–Crippen MR) is 153 cm³/mol. The van der Waals surface area contributed by atoms with Gasteiger partial charge in [0.05, 0.1) is 17.9 Å². The maximum absolute atomic E-state index is 13.9. The van der Waals surface area contributed by atoms with Crippen molar-refractivity contribution in [2.45, 2.75) is 62.6 Å². The summed E-state index contributed by atoms with van der Waals surface area (Å²) in [6.45, 7) is 2.94. The van der Waals surface area contributed by atoms with Gasteiger partial charge in [-0.2, -0.15) is 4.31 Å². The van der Waals surface area contributed by atoms with Crippen LogP contribution in [0.2, 0.25) is 0 Å². The zero-order valence-corrected chi connectivity index (χ0v) is 24.2. The van der Waals surface area contributed by atoms with Crippen molar-refractivity contribution in [3.05, 3.63) is 87.9 Å². The Morgan fingerprint density at radius 1 is 0.950 bits per heavy atom. The highest BCUT2D eigenvalue weighted by Crippen LogP contribution is 2.33. The Kier molecular flexibility index (Phi) is 8.68. The van der Waals surface area contributed by atoms with Gasteiger partial charge >= 0.3 is 0 Å². The fraction of sp³-hybridized carbons (Fsp3) is 0.400. The molecule has 7 nitrogen and oxygen atoms in total. The van der Waals surface area contributed by atoms with Crippen LogP contribution in [-0.4, -0.2) is 66.1 Å². The topological polar surface area (TPSA) is 78.0 Å². The van der Waals surface area contributed by atoms with Gasteiger partial charge in [-0.25, -0.2) is 12.8 Å². The van der Waals surface area contributed by atoms with Crippen molar-refractivity contribution in [3.63, 3.8) is 0 Å². The highest BCUT2D eigenvalue weighted by molar-refractivity contribution is 7.89. The maximum atomic E-state index is 13.9. The molecular weight excluding hydrogens is 549 g/mol. The van der Waals surface area contributed by atoms with Crippen LogP contribution in [0.5, 0.6) is 0 Å². The molecule has 40 heavy (non-hydrogen) atoms. The van der Waals surface area contributed by atoms with Crippen LogP contribution in [0.4, 0.5) is 4.39 Å². The summed E-state index contributed by atoms with van der Waals surface area (Å²) in [7, 11) is -3.85. The summed E-state index contributed by atoms with van der Waals surface area (Å²) in [5.74, 6) is -0.569. The molecule has 2 fully saturated rings. The van der Waals surface area contributed by atoms with E-state index in [9.17, 15) is 22.4 Å². The summed E-state index contributed by atoms with van der Waals surface area (Å²) in [5, 5.41) is 1.96. The van der Waals surface area contributed by atoms with E-state index in [1.54, 1.807) is 52.6 Å². The molecule has 1 aromatic heterocycles. The van der Waals surface area contributed by atoms with E-state index in [0.717, 1.165) is 28.8 Å². The molecule has 0 radical (unpaired) electrons. The van der Waals surface area contributed by atoms with Crippen molar-refractivity contribution in [1.82, 2.24) is 14.1 Å². The number of hydrogen-bond donors (Lipinski definition) is 0. The summed E-state index contributed by atoms with van der Waals surface area (Å²) >= 11 is 1.56. The SMILES string of the molecule is Cc1ccc(S(=O)(=O)N(CC(=O)N(Cc2ccc(F)cc2)C2CCN(C(=O)Cc3cccs3)CC2)C2CC2)cc1. The number of rotatable bonds is 10. The van der Waals surface area contributed by atoms with E-state index in [2.05, 4.69) is 0 Å². The minimum Gasteiger partial charge on any atom is -0.342 e. The molecule has 2 heterocycles. The molecule has 3 aromatic rings. The number of aryl methyl sites for hydroxylation is 1. The second-order valence-electron chi connectivity index (χ2n) is 10.6. The number of carbonyl (C=O) groups is 2. The van der Waals surface area contributed by atoms with Crippen LogP contribution in [0.25, 0.3) is 0 Å². The molecule has 0 unspecified atom stereocenters. The van der Waals surface area contributed by atoms with Gasteiger partial charge in [0.2, 0.25) is 21.8 Å². The largest absolute Gasteiger partial charge is 0.342 e. The first-order valence-corrected chi connectivity index (χ1v) is 16.0. The second kappa shape index (κ2) is 12.2. The summed E-state index contributed by atoms with van der Waals surface area (Å²) in [6.07, 6.45) is 3.00. The molecule has 0 N–H and O–H groups in total. The van der Waals surface area contributed by atoms with Gasteiger partial charge in [-0.3, -0.25) is 9.59 Å². The monoisotopic (exact) mass is 583 g/mol. The molecule has 2 amide bonds. The van der Waals surface area contributed by atoms with Gasteiger partial charge in [0.15, 0.2) is 0 Å². The number of likely N-dealkylation sites (tertiary alicyclic amines) is 1. The number of hydrogen-bond acceptors (Lipinski definition) is 5. The van der Waals surface area contributed by atoms with Gasteiger partial charge in [-0.05, 0) is 73.9 Å². The van der Waals surface area contributed by atoms with Crippen molar-refractivity contribution in [1.29, 1.82) is 0 Å². The molecule has 2 aromatic carbocycles. The van der Waals surface area contributed by atoms with E-state index in [4.69, 9.17) is 0 Å². The number of thiophene rings is 1. The summed E-state index contributed by atoms with van der Waals surface area (Å²) in [6, 6.07) is 16.2. The van der Waals surface area contributed by atoms with Crippen molar-refractivity contribution < 1.29 is 22.4 Å². The van der Waals surface area contributed by atoms with Crippen LogP contribution in [0, 0.1) is 12.7 Å². The lowest BCUT2D eigenvalue weighted by Gasteiger charge is -2.39. The van der Waals surface area contributed by atoms with E-state index in [1.165, 1.54) is 16.4 Å². The van der Waals surface area contributed by atoms with Gasteiger partial charge in [-0.15, -0.1) is 11.3 Å². The average Bonchev–Trinajstić information content (AvgIpc) is 3.66. The number of halogens is 1. The molecule has 10 heteroatoms. The second-order valence-corrected chi connectivity index (χ2v) is 13.5. The van der Waals surface area contributed by atoms with Crippen molar-refractivity contribution in [2.24, 2.45) is 0 Å². The van der Waals surface area contributed by atoms with Gasteiger partial charge < -0.3 is 9.80 Å². The van der Waals surface area contributed by atoms with Gasteiger partial charge in [0, 0.05) is 36.6 Å². The van der Waals surface area contributed by atoms with Crippen molar-refractivity contribution in [3.8, 4) is 0 Å². The highest BCUT2D eigenvalue weighted by atomic mass is 32.2. The normalized spacial score (nSPS) is 16.3. The summed E-state index contributed by atoms with van der Waals surface area (Å²) in [5.41, 5.74) is 1.73. The molecule has 0 bridgehead atoms. The Balaban J connectivity index is 1.32. The first-order valence-electron chi connectivity index (χ1n) is 13.6. The van der Waals surface area contributed by atoms with Crippen LogP contribution in [0.3, 0.4) is 0 Å². The molecule has 1 saturated heterocycles. The molecular formula is C30H34FN3O4S2. The number of benzene rings is 2. The van der Waals surface area contributed by atoms with Gasteiger partial charge in [0.1, 0.15) is 5.82 Å². The third kappa shape index (κ3) is 6.79. The molecule has 0 spiro atoms. The molecule has 1 aliphatic heterocycles. The zero-order chi connectivity index (χ0) is 28.3. The lowest BCUT2D eigenvalue weighted by atomic mass is 10.0. The van der Waals surface area contributed by atoms with Crippen LogP contribution < -0.4 is 0 Å². The van der Waals surface area contributed by atoms with E-state index in [-0.39, 0.29) is 47.7 Å². The third-order valence-corrected chi connectivity index (χ3v) is 10.4. The fourth-order valence-corrected chi connectivity index (χ4v) is 7.48. The predicted octanol–water partition coefficient (Wildman–Crippen LogP) is 4.61. The molecule has 1 aliphatic carbocycles. The minimum absolute atomic E-state index is 0.0708. The first kappa shape index (κ1) is 28.4. The number of amides is 2. The van der Waals surface area contributed by atoms with Crippen molar-refractivity contribution >= 4 is 33.2 Å². The molecule has 2 aliphatic rings. The van der Waals surface area contributed by atoms with Gasteiger partial charge in [-0.1, -0.05) is 35.9 Å². The number of piperidine rings is 1. The molecule has 5 rings (SSSR count). The highest BCUT2D eigenvalue weighted by Gasteiger charge is 2.41. The first-order chi connectivity index (χ1) is 19.2. The maximum Gasteiger partial charge on any atom is 0.243 e. The van der Waals surface area contributed by atoms with Crippen LogP contribution in [-0.2, 0) is 32.6 Å². The Hall–Kier alpha value is -3.08. The Morgan fingerprint density at radius 2 is 1.62 bits per heavy atom. The number of nitrogens with zero attached hydrogens (tertiary/aromatic N) is 3. The van der Waals surface area contributed by atoms with E-state index in [1.807, 2.05) is 29.3 Å². The Labute approximate surface area is 239 Å². The average molecular weight is 584 g/mol. The van der Waals surface area contributed by atoms with Crippen molar-refractivity contribution in [2.75, 3.05) is 19.6 Å². The van der Waals surface area contributed by atoms with Crippen LogP contribution >= 0.6 is 11.3 Å². The molecule has 1 saturated carbocycles. The van der Waals surface area contributed by atoms with Crippen LogP contribution in [0.1, 0.15) is 41.7 Å². The molecule has 0 atom stereocenters. The lowest BCUT2D eigenvalue weighted by Crippen LogP contribution is -2.51. The lowest BCUT2D eigenvalue weighted by molar-refractivity contribution is -0.137. The van der Waals surface area contributed by atoms with Crippen LogP contribution in [0.15, 0.2) is 70.9 Å². The van der Waals surface area contributed by atoms with E-state index < -0.39 is 10.0 Å². The van der Waals surface area contributed by atoms with E-state index >= 15 is 0 Å². The number of carbonyl (C=O) groups excluding carboxylic acids is 2. The Bertz CT molecular complexity index is 1410. The quantitative estimate of drug-likeness (QED) is 0.349. The fourth-order valence-electron chi connectivity index (χ4n) is 5.15. The standard InChI is InChI=1S/C30H34FN3O4S2/c1-22-4-12-28(13-5-22)40(37,38)34(26-10-11-26)21-30(36)33(20-23-6-8-24(31)9-7-23)25-14-16-32(17-15-25)29(35)19-27-3-2-18-39-27/h2-9,12-13,18,25-26H,10-11,14-17,19-21H2,1H3. The number of sulfonamides is 1. The van der Waals surface area contributed by atoms with E-state index in [0.29, 0.717) is 32.4 Å². The smallest absolute Gasteiger partial charge is 0.243 e. The summed E-state index contributed by atoms with van der Waals surface area (Å²) in [4.78, 5) is 31.5. The summed E-state index contributed by atoms with van der Waals surface area (Å²) < 4.78 is 42.1. The zero-order valence-electron chi connectivity index (χ0n) is 22.5. The van der Waals surface area contributed by atoms with Gasteiger partial charge in [0.25, 0.3) is 0 Å².